The molecular formula is C29H28FN3O3. The standard InChI is InChI=1S/C29H28FN3O3/c1-18(16-27(34)35)8-14-25-28(21-6-4-3-5-7-21)33-24-15-11-22(17-26(24)32-25)29(36)31-19(2)20-9-12-23(30)13-10-20/h3-7,9-13,15,17-19H,8,14,16H2,1-2H3,(H,31,36)(H,34,35)/t18-,19+/m1/s1. The van der Waals surface area contributed by atoms with Crippen LogP contribution in [0.3, 0.4) is 0 Å². The molecule has 3 aromatic carbocycles. The van der Waals surface area contributed by atoms with E-state index in [0.29, 0.717) is 29.4 Å². The van der Waals surface area contributed by atoms with E-state index in [1.165, 1.54) is 12.1 Å². The van der Waals surface area contributed by atoms with Crippen LogP contribution in [-0.4, -0.2) is 27.0 Å². The summed E-state index contributed by atoms with van der Waals surface area (Å²) in [4.78, 5) is 33.7. The van der Waals surface area contributed by atoms with Crippen LogP contribution in [0, 0.1) is 11.7 Å². The Labute approximate surface area is 209 Å². The number of hydrogen-bond donors (Lipinski definition) is 2. The summed E-state index contributed by atoms with van der Waals surface area (Å²) < 4.78 is 13.2. The van der Waals surface area contributed by atoms with Crippen LogP contribution in [0.15, 0.2) is 72.8 Å². The molecule has 0 unspecified atom stereocenters. The SMILES string of the molecule is C[C@H](CCc1nc2cc(C(=O)N[C@@H](C)c3ccc(F)cc3)ccc2nc1-c1ccccc1)CC(=O)O. The van der Waals surface area contributed by atoms with Gasteiger partial charge >= 0.3 is 5.97 Å². The van der Waals surface area contributed by atoms with E-state index < -0.39 is 5.97 Å². The molecule has 0 bridgehead atoms. The Morgan fingerprint density at radius 3 is 2.36 bits per heavy atom. The van der Waals surface area contributed by atoms with Gasteiger partial charge in [-0.3, -0.25) is 9.59 Å². The van der Waals surface area contributed by atoms with Gasteiger partial charge in [-0.15, -0.1) is 0 Å². The monoisotopic (exact) mass is 485 g/mol. The lowest BCUT2D eigenvalue weighted by molar-refractivity contribution is -0.138. The van der Waals surface area contributed by atoms with E-state index in [0.717, 1.165) is 22.5 Å². The molecule has 0 saturated heterocycles. The number of hydrogen-bond acceptors (Lipinski definition) is 4. The molecule has 0 spiro atoms. The van der Waals surface area contributed by atoms with Crippen LogP contribution in [0.4, 0.5) is 4.39 Å². The number of amides is 1. The Kier molecular flexibility index (Phi) is 7.68. The van der Waals surface area contributed by atoms with E-state index in [1.54, 1.807) is 30.3 Å². The third kappa shape index (κ3) is 6.10. The number of carboxylic acid groups (broad SMARTS) is 1. The Bertz CT molecular complexity index is 1370. The number of nitrogens with zero attached hydrogens (tertiary/aromatic N) is 2. The third-order valence-electron chi connectivity index (χ3n) is 6.16. The van der Waals surface area contributed by atoms with Crippen LogP contribution < -0.4 is 5.32 Å². The first kappa shape index (κ1) is 25.0. The molecule has 0 aliphatic carbocycles. The highest BCUT2D eigenvalue weighted by Gasteiger charge is 2.17. The predicted molar refractivity (Wildman–Crippen MR) is 137 cm³/mol. The summed E-state index contributed by atoms with van der Waals surface area (Å²) in [5.41, 5.74) is 4.97. The van der Waals surface area contributed by atoms with E-state index in [4.69, 9.17) is 15.1 Å². The average molecular weight is 486 g/mol. The Hall–Kier alpha value is -4.13. The third-order valence-corrected chi connectivity index (χ3v) is 6.16. The van der Waals surface area contributed by atoms with E-state index in [1.807, 2.05) is 44.2 Å². The zero-order valence-electron chi connectivity index (χ0n) is 20.2. The fourth-order valence-corrected chi connectivity index (χ4v) is 4.13. The normalized spacial score (nSPS) is 12.8. The van der Waals surface area contributed by atoms with Crippen molar-refractivity contribution < 1.29 is 19.1 Å². The van der Waals surface area contributed by atoms with Crippen LogP contribution in [0.5, 0.6) is 0 Å². The molecule has 4 rings (SSSR count). The van der Waals surface area contributed by atoms with Crippen molar-refractivity contribution in [3.8, 4) is 11.3 Å². The number of aliphatic carboxylic acids is 1. The quantitative estimate of drug-likeness (QED) is 0.305. The highest BCUT2D eigenvalue weighted by molar-refractivity contribution is 5.97. The first-order valence-electron chi connectivity index (χ1n) is 11.9. The number of carbonyl (C=O) groups excluding carboxylic acids is 1. The molecular weight excluding hydrogens is 457 g/mol. The first-order chi connectivity index (χ1) is 17.3. The summed E-state index contributed by atoms with van der Waals surface area (Å²) in [6.07, 6.45) is 1.32. The van der Waals surface area contributed by atoms with Gasteiger partial charge in [-0.1, -0.05) is 49.4 Å². The highest BCUT2D eigenvalue weighted by Crippen LogP contribution is 2.26. The molecule has 0 fully saturated rings. The van der Waals surface area contributed by atoms with Crippen LogP contribution >= 0.6 is 0 Å². The predicted octanol–water partition coefficient (Wildman–Crippen LogP) is 5.97. The van der Waals surface area contributed by atoms with E-state index in [2.05, 4.69) is 5.32 Å². The number of aromatic nitrogens is 2. The number of carboxylic acids is 1. The molecule has 0 radical (unpaired) electrons. The topological polar surface area (TPSA) is 92.2 Å². The number of benzene rings is 3. The van der Waals surface area contributed by atoms with Crippen LogP contribution in [0.1, 0.15) is 54.3 Å². The summed E-state index contributed by atoms with van der Waals surface area (Å²) >= 11 is 0. The van der Waals surface area contributed by atoms with Gasteiger partial charge in [-0.2, -0.15) is 0 Å². The minimum absolute atomic E-state index is 0.00585. The van der Waals surface area contributed by atoms with Gasteiger partial charge in [0.15, 0.2) is 0 Å². The average Bonchev–Trinajstić information content (AvgIpc) is 2.87. The van der Waals surface area contributed by atoms with Crippen LogP contribution in [-0.2, 0) is 11.2 Å². The minimum Gasteiger partial charge on any atom is -0.481 e. The van der Waals surface area contributed by atoms with Gasteiger partial charge in [0.1, 0.15) is 5.82 Å². The van der Waals surface area contributed by atoms with Gasteiger partial charge in [0.25, 0.3) is 5.91 Å². The van der Waals surface area contributed by atoms with Crippen LogP contribution in [0.25, 0.3) is 22.3 Å². The van der Waals surface area contributed by atoms with Gasteiger partial charge in [0, 0.05) is 17.5 Å². The zero-order chi connectivity index (χ0) is 25.7. The second-order valence-electron chi connectivity index (χ2n) is 9.08. The molecule has 0 aliphatic rings. The van der Waals surface area contributed by atoms with Crippen molar-refractivity contribution in [2.24, 2.45) is 5.92 Å². The van der Waals surface area contributed by atoms with Crippen molar-refractivity contribution >= 4 is 22.9 Å². The Morgan fingerprint density at radius 2 is 1.67 bits per heavy atom. The molecule has 1 amide bonds. The second-order valence-corrected chi connectivity index (χ2v) is 9.08. The fraction of sp³-hybridized carbons (Fsp3) is 0.241. The maximum absolute atomic E-state index is 13.2. The molecule has 0 aliphatic heterocycles. The van der Waals surface area contributed by atoms with Crippen molar-refractivity contribution in [1.29, 1.82) is 0 Å². The van der Waals surface area contributed by atoms with Crippen molar-refractivity contribution in [1.82, 2.24) is 15.3 Å². The first-order valence-corrected chi connectivity index (χ1v) is 11.9. The molecule has 2 N–H and O–H groups in total. The number of carbonyl (C=O) groups is 2. The van der Waals surface area contributed by atoms with Crippen molar-refractivity contribution in [2.45, 2.75) is 39.2 Å². The maximum Gasteiger partial charge on any atom is 0.303 e. The van der Waals surface area contributed by atoms with Gasteiger partial charge in [-0.05, 0) is 61.6 Å². The van der Waals surface area contributed by atoms with E-state index >= 15 is 0 Å². The summed E-state index contributed by atoms with van der Waals surface area (Å²) in [5.74, 6) is -1.41. The summed E-state index contributed by atoms with van der Waals surface area (Å²) in [6, 6.07) is 20.7. The molecule has 7 heteroatoms. The van der Waals surface area contributed by atoms with Crippen LogP contribution in [0.2, 0.25) is 0 Å². The Balaban J connectivity index is 1.62. The lowest BCUT2D eigenvalue weighted by atomic mass is 9.98. The molecule has 6 nitrogen and oxygen atoms in total. The van der Waals surface area contributed by atoms with Crippen molar-refractivity contribution in [3.63, 3.8) is 0 Å². The Morgan fingerprint density at radius 1 is 0.944 bits per heavy atom. The number of aryl methyl sites for hydroxylation is 1. The summed E-state index contributed by atoms with van der Waals surface area (Å²) in [5, 5.41) is 12.0. The van der Waals surface area contributed by atoms with Gasteiger partial charge in [0.2, 0.25) is 0 Å². The fourth-order valence-electron chi connectivity index (χ4n) is 4.13. The zero-order valence-corrected chi connectivity index (χ0v) is 20.2. The van der Waals surface area contributed by atoms with Crippen molar-refractivity contribution in [3.05, 3.63) is 95.4 Å². The molecule has 1 heterocycles. The number of rotatable bonds is 9. The molecule has 4 aromatic rings. The molecule has 1 aromatic heterocycles. The van der Waals surface area contributed by atoms with Gasteiger partial charge in [-0.25, -0.2) is 14.4 Å². The largest absolute Gasteiger partial charge is 0.481 e. The van der Waals surface area contributed by atoms with E-state index in [-0.39, 0.29) is 30.1 Å². The molecule has 184 valence electrons. The number of fused-ring (bicyclic) bond motifs is 1. The number of halogens is 1. The smallest absolute Gasteiger partial charge is 0.303 e. The van der Waals surface area contributed by atoms with E-state index in [9.17, 15) is 14.0 Å². The maximum atomic E-state index is 13.2. The molecule has 0 saturated carbocycles. The summed E-state index contributed by atoms with van der Waals surface area (Å²) in [6.45, 7) is 3.75. The van der Waals surface area contributed by atoms with Gasteiger partial charge < -0.3 is 10.4 Å². The minimum atomic E-state index is -0.819. The van der Waals surface area contributed by atoms with Gasteiger partial charge in [0.05, 0.1) is 28.5 Å². The lowest BCUT2D eigenvalue weighted by Gasteiger charge is -2.15. The second kappa shape index (κ2) is 11.1. The molecule has 2 atom stereocenters. The highest BCUT2D eigenvalue weighted by atomic mass is 19.1. The van der Waals surface area contributed by atoms with Crippen molar-refractivity contribution in [2.75, 3.05) is 0 Å². The molecule has 36 heavy (non-hydrogen) atoms. The lowest BCUT2D eigenvalue weighted by Crippen LogP contribution is -2.26. The summed E-state index contributed by atoms with van der Waals surface area (Å²) in [7, 11) is 0. The number of nitrogens with one attached hydrogen (secondary N) is 1.